The molecule has 0 amide bonds. The van der Waals surface area contributed by atoms with Crippen molar-refractivity contribution in [3.63, 3.8) is 0 Å². The van der Waals surface area contributed by atoms with Crippen LogP contribution in [-0.4, -0.2) is 22.1 Å². The van der Waals surface area contributed by atoms with E-state index in [1.807, 2.05) is 13.8 Å². The van der Waals surface area contributed by atoms with Gasteiger partial charge in [-0.25, -0.2) is 0 Å². The normalized spacial score (nSPS) is 33.0. The van der Waals surface area contributed by atoms with Gasteiger partial charge in [0.25, 0.3) is 0 Å². The van der Waals surface area contributed by atoms with Crippen molar-refractivity contribution in [2.75, 3.05) is 0 Å². The molecule has 2 N–H and O–H groups in total. The SMILES string of the molecule is C[C@@H]1NC(=S)[C@H](C)NC1=S. The largest absolute Gasteiger partial charge is 0.369 e. The third-order valence-corrected chi connectivity index (χ3v) is 2.45. The Bertz CT molecular complexity index is 159. The van der Waals surface area contributed by atoms with Crippen LogP contribution in [0.15, 0.2) is 0 Å². The molecular formula is C6H10N2S2. The van der Waals surface area contributed by atoms with Gasteiger partial charge in [0.05, 0.1) is 22.1 Å². The predicted octanol–water partition coefficient (Wildman–Crippen LogP) is 0.611. The van der Waals surface area contributed by atoms with Crippen molar-refractivity contribution >= 4 is 34.4 Å². The number of hydrogen-bond acceptors (Lipinski definition) is 2. The van der Waals surface area contributed by atoms with Gasteiger partial charge in [-0.2, -0.15) is 0 Å². The quantitative estimate of drug-likeness (QED) is 0.526. The number of thiocarbonyl (C=S) groups is 2. The minimum atomic E-state index is 0.193. The molecule has 0 unspecified atom stereocenters. The summed E-state index contributed by atoms with van der Waals surface area (Å²) in [6.45, 7) is 3.99. The average Bonchev–Trinajstić information content (AvgIpc) is 1.84. The Hall–Kier alpha value is -0.220. The van der Waals surface area contributed by atoms with Gasteiger partial charge in [-0.3, -0.25) is 0 Å². The van der Waals surface area contributed by atoms with Crippen LogP contribution in [0.1, 0.15) is 13.8 Å². The number of hydrogen-bond donors (Lipinski definition) is 2. The second-order valence-electron chi connectivity index (χ2n) is 2.46. The first-order valence-electron chi connectivity index (χ1n) is 3.22. The van der Waals surface area contributed by atoms with Gasteiger partial charge in [0, 0.05) is 0 Å². The van der Waals surface area contributed by atoms with E-state index in [0.717, 1.165) is 9.98 Å². The van der Waals surface area contributed by atoms with E-state index < -0.39 is 0 Å². The smallest absolute Gasteiger partial charge is 0.0982 e. The van der Waals surface area contributed by atoms with Crippen molar-refractivity contribution in [1.29, 1.82) is 0 Å². The van der Waals surface area contributed by atoms with Crippen LogP contribution in [-0.2, 0) is 0 Å². The second kappa shape index (κ2) is 2.80. The van der Waals surface area contributed by atoms with Gasteiger partial charge in [-0.15, -0.1) is 0 Å². The van der Waals surface area contributed by atoms with E-state index in [4.69, 9.17) is 24.4 Å². The fourth-order valence-corrected chi connectivity index (χ4v) is 1.28. The van der Waals surface area contributed by atoms with Gasteiger partial charge in [-0.05, 0) is 13.8 Å². The lowest BCUT2D eigenvalue weighted by atomic mass is 10.2. The number of nitrogens with one attached hydrogen (secondary N) is 2. The minimum Gasteiger partial charge on any atom is -0.369 e. The van der Waals surface area contributed by atoms with Crippen LogP contribution in [0.25, 0.3) is 0 Å². The Morgan fingerprint density at radius 3 is 1.60 bits per heavy atom. The standard InChI is InChI=1S/C6H10N2S2/c1-3-5(9)8-4(2)6(10)7-3/h3-4H,1-2H3,(H,7,10)(H,8,9)/t3-,4-/m0/s1. The lowest BCUT2D eigenvalue weighted by Gasteiger charge is -2.29. The highest BCUT2D eigenvalue weighted by Gasteiger charge is 2.21. The summed E-state index contributed by atoms with van der Waals surface area (Å²) in [6, 6.07) is 0.386. The second-order valence-corrected chi connectivity index (χ2v) is 3.34. The molecule has 1 aliphatic heterocycles. The molecule has 0 spiro atoms. The van der Waals surface area contributed by atoms with Gasteiger partial charge in [0.15, 0.2) is 0 Å². The van der Waals surface area contributed by atoms with Gasteiger partial charge >= 0.3 is 0 Å². The summed E-state index contributed by atoms with van der Waals surface area (Å²) >= 11 is 10.1. The lowest BCUT2D eigenvalue weighted by molar-refractivity contribution is 0.703. The zero-order chi connectivity index (χ0) is 7.72. The van der Waals surface area contributed by atoms with E-state index in [2.05, 4.69) is 10.6 Å². The van der Waals surface area contributed by atoms with E-state index in [0.29, 0.717) is 0 Å². The molecule has 1 fully saturated rings. The molecule has 2 atom stereocenters. The van der Waals surface area contributed by atoms with Crippen molar-refractivity contribution < 1.29 is 0 Å². The minimum absolute atomic E-state index is 0.193. The van der Waals surface area contributed by atoms with Gasteiger partial charge in [-0.1, -0.05) is 24.4 Å². The van der Waals surface area contributed by atoms with Crippen LogP contribution >= 0.6 is 24.4 Å². The molecule has 2 nitrogen and oxygen atoms in total. The molecule has 1 rings (SSSR count). The fraction of sp³-hybridized carbons (Fsp3) is 0.667. The molecule has 0 aromatic carbocycles. The number of rotatable bonds is 0. The van der Waals surface area contributed by atoms with E-state index >= 15 is 0 Å². The molecule has 56 valence electrons. The van der Waals surface area contributed by atoms with Crippen LogP contribution in [0.4, 0.5) is 0 Å². The summed E-state index contributed by atoms with van der Waals surface area (Å²) in [4.78, 5) is 1.70. The van der Waals surface area contributed by atoms with Gasteiger partial charge < -0.3 is 10.6 Å². The first kappa shape index (κ1) is 7.88. The van der Waals surface area contributed by atoms with Crippen LogP contribution < -0.4 is 10.6 Å². The molecule has 0 radical (unpaired) electrons. The summed E-state index contributed by atoms with van der Waals surface area (Å²) in [5.41, 5.74) is 0. The molecule has 0 saturated carbocycles. The first-order valence-corrected chi connectivity index (χ1v) is 4.03. The monoisotopic (exact) mass is 174 g/mol. The Morgan fingerprint density at radius 1 is 1.00 bits per heavy atom. The number of piperazine rings is 1. The van der Waals surface area contributed by atoms with Crippen LogP contribution in [0.2, 0.25) is 0 Å². The van der Waals surface area contributed by atoms with Crippen LogP contribution in [0.3, 0.4) is 0 Å². The maximum atomic E-state index is 5.03. The highest BCUT2D eigenvalue weighted by molar-refractivity contribution is 7.81. The summed E-state index contributed by atoms with van der Waals surface area (Å²) in [7, 11) is 0. The molecular weight excluding hydrogens is 164 g/mol. The zero-order valence-corrected chi connectivity index (χ0v) is 7.60. The van der Waals surface area contributed by atoms with E-state index in [-0.39, 0.29) is 12.1 Å². The first-order chi connectivity index (χ1) is 4.61. The molecule has 1 saturated heterocycles. The molecule has 4 heteroatoms. The topological polar surface area (TPSA) is 24.1 Å². The maximum absolute atomic E-state index is 5.03. The predicted molar refractivity (Wildman–Crippen MR) is 50.4 cm³/mol. The van der Waals surface area contributed by atoms with E-state index in [1.165, 1.54) is 0 Å². The molecule has 1 heterocycles. The van der Waals surface area contributed by atoms with Crippen molar-refractivity contribution in [1.82, 2.24) is 10.6 Å². The highest BCUT2D eigenvalue weighted by Crippen LogP contribution is 1.98. The Kier molecular flexibility index (Phi) is 2.21. The highest BCUT2D eigenvalue weighted by atomic mass is 32.1. The molecule has 10 heavy (non-hydrogen) atoms. The molecule has 0 aliphatic carbocycles. The molecule has 0 aromatic rings. The van der Waals surface area contributed by atoms with Crippen LogP contribution in [0.5, 0.6) is 0 Å². The summed E-state index contributed by atoms with van der Waals surface area (Å²) in [6.07, 6.45) is 0. The third-order valence-electron chi connectivity index (χ3n) is 1.50. The van der Waals surface area contributed by atoms with Gasteiger partial charge in [0.1, 0.15) is 0 Å². The lowest BCUT2D eigenvalue weighted by Crippen LogP contribution is -2.57. The van der Waals surface area contributed by atoms with E-state index in [1.54, 1.807) is 0 Å². The van der Waals surface area contributed by atoms with Crippen molar-refractivity contribution in [2.45, 2.75) is 25.9 Å². The summed E-state index contributed by atoms with van der Waals surface area (Å²) in [5, 5.41) is 6.21. The molecule has 0 aromatic heterocycles. The Balaban J connectivity index is 2.63. The van der Waals surface area contributed by atoms with E-state index in [9.17, 15) is 0 Å². The third kappa shape index (κ3) is 1.44. The van der Waals surface area contributed by atoms with Crippen molar-refractivity contribution in [3.8, 4) is 0 Å². The van der Waals surface area contributed by atoms with Crippen molar-refractivity contribution in [2.24, 2.45) is 0 Å². The van der Waals surface area contributed by atoms with Crippen molar-refractivity contribution in [3.05, 3.63) is 0 Å². The fourth-order valence-electron chi connectivity index (χ4n) is 0.808. The maximum Gasteiger partial charge on any atom is 0.0982 e. The Morgan fingerprint density at radius 2 is 1.30 bits per heavy atom. The van der Waals surface area contributed by atoms with Gasteiger partial charge in [0.2, 0.25) is 0 Å². The average molecular weight is 174 g/mol. The molecule has 1 aliphatic rings. The molecule has 0 bridgehead atoms. The zero-order valence-electron chi connectivity index (χ0n) is 5.97. The Labute approximate surface area is 71.4 Å². The summed E-state index contributed by atoms with van der Waals surface area (Å²) in [5.74, 6) is 0. The van der Waals surface area contributed by atoms with Crippen LogP contribution in [0, 0.1) is 0 Å². The summed E-state index contributed by atoms with van der Waals surface area (Å²) < 4.78 is 0.